The van der Waals surface area contributed by atoms with Crippen LogP contribution in [-0.4, -0.2) is 78.8 Å². The maximum atomic E-state index is 6.52. The van der Waals surface area contributed by atoms with Crippen LogP contribution in [-0.2, 0) is 0 Å². The summed E-state index contributed by atoms with van der Waals surface area (Å²) in [5, 5.41) is 0.664. The summed E-state index contributed by atoms with van der Waals surface area (Å²) >= 11 is 6.52. The van der Waals surface area contributed by atoms with Gasteiger partial charge in [0, 0.05) is 33.2 Å². The third-order valence-corrected chi connectivity index (χ3v) is 7.00. The second kappa shape index (κ2) is 9.55. The number of benzene rings is 1. The molecule has 0 aliphatic carbocycles. The van der Waals surface area contributed by atoms with E-state index in [9.17, 15) is 0 Å². The van der Waals surface area contributed by atoms with Gasteiger partial charge in [-0.05, 0) is 51.6 Å². The van der Waals surface area contributed by atoms with Crippen LogP contribution < -0.4 is 4.90 Å². The number of hydrogen-bond donors (Lipinski definition) is 1. The number of nitrogens with one attached hydrogen (secondary N) is 1. The van der Waals surface area contributed by atoms with Gasteiger partial charge in [-0.25, -0.2) is 4.98 Å². The fourth-order valence-corrected chi connectivity index (χ4v) is 5.20. The zero-order chi connectivity index (χ0) is 22.0. The van der Waals surface area contributed by atoms with Crippen molar-refractivity contribution in [2.75, 3.05) is 52.2 Å². The minimum Gasteiger partial charge on any atom is -0.367 e. The number of aromatic nitrogens is 2. The van der Waals surface area contributed by atoms with E-state index in [1.165, 1.54) is 5.69 Å². The first-order valence-corrected chi connectivity index (χ1v) is 11.5. The Morgan fingerprint density at radius 3 is 2.71 bits per heavy atom. The number of aromatic amines is 1. The smallest absolute Gasteiger partial charge is 0.124 e. The monoisotopic (exact) mass is 440 g/mol. The fraction of sp³-hybridized carbons (Fsp3) is 0.500. The van der Waals surface area contributed by atoms with Gasteiger partial charge in [0.15, 0.2) is 0 Å². The van der Waals surface area contributed by atoms with E-state index in [-0.39, 0.29) is 12.1 Å². The normalized spacial score (nSPS) is 24.7. The largest absolute Gasteiger partial charge is 0.367 e. The second-order valence-electron chi connectivity index (χ2n) is 8.57. The molecule has 0 bridgehead atoms. The highest BCUT2D eigenvalue weighted by molar-refractivity contribution is 6.44. The van der Waals surface area contributed by atoms with Crippen molar-refractivity contribution in [1.29, 1.82) is 0 Å². The molecule has 2 aliphatic rings. The number of halogens is 1. The zero-order valence-corrected chi connectivity index (χ0v) is 19.6. The van der Waals surface area contributed by atoms with Crippen molar-refractivity contribution in [2.45, 2.75) is 31.3 Å². The highest BCUT2D eigenvalue weighted by atomic mass is 35.5. The van der Waals surface area contributed by atoms with Gasteiger partial charge >= 0.3 is 0 Å². The van der Waals surface area contributed by atoms with Gasteiger partial charge in [-0.2, -0.15) is 0 Å². The number of allylic oxidation sites excluding steroid dienone is 2. The molecule has 0 radical (unpaired) electrons. The molecule has 0 saturated carbocycles. The van der Waals surface area contributed by atoms with Crippen LogP contribution in [0.4, 0.5) is 5.69 Å². The number of imidazole rings is 1. The molecule has 2 atom stereocenters. The minimum absolute atomic E-state index is 0.165. The molecule has 4 rings (SSSR count). The molecule has 1 N–H and O–H groups in total. The number of likely N-dealkylation sites (N-methyl/N-ethyl adjacent to an activating group) is 1. The summed E-state index contributed by atoms with van der Waals surface area (Å²) in [6, 6.07) is 6.81. The summed E-state index contributed by atoms with van der Waals surface area (Å²) in [6.45, 7) is 8.02. The first kappa shape index (κ1) is 22.1. The SMILES string of the molecule is C=C/C=C(Cl)\C(=N/C)[C@@H]1CCC[C@H](c2nc3cccc(N4CCN(C)CC4)c3[nH]2)N1C. The number of para-hydroxylation sites is 1. The molecule has 2 saturated heterocycles. The Labute approximate surface area is 190 Å². The number of rotatable bonds is 5. The van der Waals surface area contributed by atoms with Crippen LogP contribution in [0.25, 0.3) is 11.0 Å². The molecule has 1 aromatic heterocycles. The molecule has 2 aromatic rings. The van der Waals surface area contributed by atoms with Crippen LogP contribution >= 0.6 is 11.6 Å². The topological polar surface area (TPSA) is 50.8 Å². The molecule has 0 unspecified atom stereocenters. The van der Waals surface area contributed by atoms with Crippen LogP contribution in [0.3, 0.4) is 0 Å². The molecule has 0 amide bonds. The number of hydrogen-bond acceptors (Lipinski definition) is 5. The molecule has 2 aliphatic heterocycles. The molecule has 0 spiro atoms. The molecule has 166 valence electrons. The van der Waals surface area contributed by atoms with Gasteiger partial charge < -0.3 is 14.8 Å². The maximum Gasteiger partial charge on any atom is 0.124 e. The first-order valence-electron chi connectivity index (χ1n) is 11.1. The Bertz CT molecular complexity index is 985. The zero-order valence-electron chi connectivity index (χ0n) is 18.8. The Balaban J connectivity index is 1.63. The number of fused-ring (bicyclic) bond motifs is 1. The van der Waals surface area contributed by atoms with Crippen molar-refractivity contribution in [2.24, 2.45) is 4.99 Å². The predicted molar refractivity (Wildman–Crippen MR) is 131 cm³/mol. The van der Waals surface area contributed by atoms with Crippen LogP contribution in [0.1, 0.15) is 31.1 Å². The third kappa shape index (κ3) is 4.43. The summed E-state index contributed by atoms with van der Waals surface area (Å²) in [5.74, 6) is 1.03. The number of anilines is 1. The van der Waals surface area contributed by atoms with Crippen molar-refractivity contribution < 1.29 is 0 Å². The average Bonchev–Trinajstić information content (AvgIpc) is 3.20. The lowest BCUT2D eigenvalue weighted by Gasteiger charge is -2.39. The van der Waals surface area contributed by atoms with Gasteiger partial charge in [0.1, 0.15) is 5.82 Å². The van der Waals surface area contributed by atoms with E-state index >= 15 is 0 Å². The summed E-state index contributed by atoms with van der Waals surface area (Å²) in [7, 11) is 6.16. The number of H-pyrrole nitrogens is 1. The predicted octanol–water partition coefficient (Wildman–Crippen LogP) is 4.22. The quantitative estimate of drug-likeness (QED) is 0.558. The van der Waals surface area contributed by atoms with Gasteiger partial charge in [-0.1, -0.05) is 30.3 Å². The molecule has 31 heavy (non-hydrogen) atoms. The van der Waals surface area contributed by atoms with E-state index in [0.717, 1.165) is 68.0 Å². The standard InChI is InChI=1S/C24H33ClN6/c1-5-8-17(25)22(26-2)19-10-7-12-21(30(19)4)24-27-18-9-6-11-20(23(18)28-24)31-15-13-29(3)14-16-31/h5-6,8-9,11,19,21H,1,7,10,12-16H2,2-4H3,(H,27,28)/b17-8+,26-22+/t19-,21+/m0/s1. The van der Waals surface area contributed by atoms with Gasteiger partial charge in [0.2, 0.25) is 0 Å². The summed E-state index contributed by atoms with van der Waals surface area (Å²) < 4.78 is 0. The minimum atomic E-state index is 0.165. The molecule has 7 heteroatoms. The average molecular weight is 441 g/mol. The van der Waals surface area contributed by atoms with Gasteiger partial charge in [-0.15, -0.1) is 0 Å². The van der Waals surface area contributed by atoms with E-state index in [1.807, 2.05) is 13.1 Å². The van der Waals surface area contributed by atoms with Crippen molar-refractivity contribution in [3.8, 4) is 0 Å². The van der Waals surface area contributed by atoms with Gasteiger partial charge in [0.05, 0.1) is 39.5 Å². The van der Waals surface area contributed by atoms with E-state index in [4.69, 9.17) is 16.6 Å². The van der Waals surface area contributed by atoms with Crippen LogP contribution in [0.15, 0.2) is 47.0 Å². The highest BCUT2D eigenvalue weighted by Crippen LogP contribution is 2.36. The van der Waals surface area contributed by atoms with Crippen LogP contribution in [0, 0.1) is 0 Å². The van der Waals surface area contributed by atoms with Crippen molar-refractivity contribution in [3.63, 3.8) is 0 Å². The van der Waals surface area contributed by atoms with E-state index in [0.29, 0.717) is 5.03 Å². The summed E-state index contributed by atoms with van der Waals surface area (Å²) in [5.41, 5.74) is 4.36. The number of nitrogens with zero attached hydrogens (tertiary/aromatic N) is 5. The van der Waals surface area contributed by atoms with Crippen LogP contribution in [0.5, 0.6) is 0 Å². The lowest BCUT2D eigenvalue weighted by Crippen LogP contribution is -2.44. The van der Waals surface area contributed by atoms with E-state index in [2.05, 4.69) is 63.5 Å². The molecule has 1 aromatic carbocycles. The molecule has 2 fully saturated rings. The molecule has 3 heterocycles. The van der Waals surface area contributed by atoms with Gasteiger partial charge in [-0.3, -0.25) is 9.89 Å². The fourth-order valence-electron chi connectivity index (χ4n) is 4.90. The highest BCUT2D eigenvalue weighted by Gasteiger charge is 2.34. The number of piperidine rings is 1. The number of piperazine rings is 1. The first-order chi connectivity index (χ1) is 15.0. The number of likely N-dealkylation sites (tertiary alicyclic amines) is 1. The molecular formula is C24H33ClN6. The Morgan fingerprint density at radius 2 is 2.00 bits per heavy atom. The lowest BCUT2D eigenvalue weighted by molar-refractivity contribution is 0.148. The Kier molecular flexibility index (Phi) is 6.80. The van der Waals surface area contributed by atoms with E-state index in [1.54, 1.807) is 6.08 Å². The number of aliphatic imine (C=N–C) groups is 1. The van der Waals surface area contributed by atoms with Gasteiger partial charge in [0.25, 0.3) is 0 Å². The lowest BCUT2D eigenvalue weighted by atomic mass is 9.92. The summed E-state index contributed by atoms with van der Waals surface area (Å²) in [4.78, 5) is 20.5. The van der Waals surface area contributed by atoms with Crippen molar-refractivity contribution >= 4 is 34.0 Å². The molecule has 6 nitrogen and oxygen atoms in total. The summed E-state index contributed by atoms with van der Waals surface area (Å²) in [6.07, 6.45) is 6.75. The second-order valence-corrected chi connectivity index (χ2v) is 8.98. The van der Waals surface area contributed by atoms with Crippen molar-refractivity contribution in [3.05, 3.63) is 47.8 Å². The Hall–Kier alpha value is -2.15. The van der Waals surface area contributed by atoms with Crippen molar-refractivity contribution in [1.82, 2.24) is 19.8 Å². The van der Waals surface area contributed by atoms with E-state index < -0.39 is 0 Å². The third-order valence-electron chi connectivity index (χ3n) is 6.68. The van der Waals surface area contributed by atoms with Crippen LogP contribution in [0.2, 0.25) is 0 Å². The maximum absolute atomic E-state index is 6.52. The Morgan fingerprint density at radius 1 is 1.23 bits per heavy atom. The molecular weight excluding hydrogens is 408 g/mol.